The van der Waals surface area contributed by atoms with Crippen molar-refractivity contribution in [1.82, 2.24) is 9.97 Å². The molecule has 0 aliphatic heterocycles. The van der Waals surface area contributed by atoms with Crippen LogP contribution in [0.5, 0.6) is 5.88 Å². The Morgan fingerprint density at radius 3 is 2.70 bits per heavy atom. The summed E-state index contributed by atoms with van der Waals surface area (Å²) in [5, 5.41) is 10.4. The fourth-order valence-corrected chi connectivity index (χ4v) is 2.45. The molecule has 1 atom stereocenters. The third-order valence-electron chi connectivity index (χ3n) is 3.51. The third kappa shape index (κ3) is 2.30. The first-order valence-corrected chi connectivity index (χ1v) is 6.79. The molecule has 1 aromatic heterocycles. The molecule has 2 aromatic rings. The quantitative estimate of drug-likeness (QED) is 0.808. The van der Waals surface area contributed by atoms with Crippen molar-refractivity contribution in [2.24, 2.45) is 11.7 Å². The van der Waals surface area contributed by atoms with Crippen LogP contribution in [0.3, 0.4) is 0 Å². The molecule has 0 amide bonds. The van der Waals surface area contributed by atoms with Crippen molar-refractivity contribution in [3.8, 4) is 17.0 Å². The number of hydrogen-bond donors (Lipinski definition) is 3. The summed E-state index contributed by atoms with van der Waals surface area (Å²) < 4.78 is 0. The number of aromatic amines is 1. The van der Waals surface area contributed by atoms with E-state index in [1.807, 2.05) is 0 Å². The van der Waals surface area contributed by atoms with Crippen LogP contribution in [0.15, 0.2) is 29.1 Å². The van der Waals surface area contributed by atoms with Crippen LogP contribution < -0.4 is 11.3 Å². The van der Waals surface area contributed by atoms with E-state index < -0.39 is 5.56 Å². The number of H-pyrrole nitrogens is 1. The zero-order valence-electron chi connectivity index (χ0n) is 10.6. The van der Waals surface area contributed by atoms with Gasteiger partial charge in [-0.2, -0.15) is 4.98 Å². The second kappa shape index (κ2) is 4.92. The van der Waals surface area contributed by atoms with E-state index in [1.165, 1.54) is 0 Å². The topological polar surface area (TPSA) is 92.0 Å². The highest BCUT2D eigenvalue weighted by molar-refractivity contribution is 6.33. The maximum Gasteiger partial charge on any atom is 0.262 e. The second-order valence-corrected chi connectivity index (χ2v) is 5.40. The minimum Gasteiger partial charge on any atom is -0.493 e. The van der Waals surface area contributed by atoms with E-state index in [1.54, 1.807) is 24.3 Å². The van der Waals surface area contributed by atoms with Crippen LogP contribution in [-0.4, -0.2) is 15.1 Å². The fourth-order valence-electron chi connectivity index (χ4n) is 2.22. The van der Waals surface area contributed by atoms with Gasteiger partial charge in [0.15, 0.2) is 0 Å². The van der Waals surface area contributed by atoms with Gasteiger partial charge in [-0.25, -0.2) is 0 Å². The number of nitrogens with one attached hydrogen (secondary N) is 1. The number of rotatable bonds is 3. The molecule has 1 fully saturated rings. The van der Waals surface area contributed by atoms with Crippen molar-refractivity contribution in [3.05, 3.63) is 45.5 Å². The number of halogens is 1. The summed E-state index contributed by atoms with van der Waals surface area (Å²) in [7, 11) is 0. The van der Waals surface area contributed by atoms with E-state index in [-0.39, 0.29) is 17.5 Å². The Morgan fingerprint density at radius 1 is 1.40 bits per heavy atom. The Kier molecular flexibility index (Phi) is 3.23. The van der Waals surface area contributed by atoms with Gasteiger partial charge in [-0.3, -0.25) is 4.79 Å². The largest absolute Gasteiger partial charge is 0.493 e. The molecule has 5 nitrogen and oxygen atoms in total. The Bertz CT molecular complexity index is 710. The van der Waals surface area contributed by atoms with E-state index in [2.05, 4.69) is 9.97 Å². The molecule has 4 N–H and O–H groups in total. The van der Waals surface area contributed by atoms with E-state index in [0.29, 0.717) is 22.3 Å². The van der Waals surface area contributed by atoms with E-state index in [0.717, 1.165) is 12.8 Å². The lowest BCUT2D eigenvalue weighted by Gasteiger charge is -2.11. The molecule has 1 aromatic carbocycles. The highest BCUT2D eigenvalue weighted by atomic mass is 35.5. The Hall–Kier alpha value is -1.85. The zero-order valence-corrected chi connectivity index (χ0v) is 11.4. The number of benzene rings is 1. The molecule has 1 saturated carbocycles. The van der Waals surface area contributed by atoms with Crippen LogP contribution in [0, 0.1) is 5.92 Å². The summed E-state index contributed by atoms with van der Waals surface area (Å²) in [5.41, 5.74) is 6.08. The smallest absolute Gasteiger partial charge is 0.262 e. The Balaban J connectivity index is 2.09. The van der Waals surface area contributed by atoms with Crippen LogP contribution in [0.4, 0.5) is 0 Å². The van der Waals surface area contributed by atoms with Crippen molar-refractivity contribution in [2.75, 3.05) is 0 Å². The van der Waals surface area contributed by atoms with Gasteiger partial charge in [0.2, 0.25) is 5.88 Å². The van der Waals surface area contributed by atoms with Gasteiger partial charge < -0.3 is 15.8 Å². The average Bonchev–Trinajstić information content (AvgIpc) is 3.23. The van der Waals surface area contributed by atoms with Crippen LogP contribution >= 0.6 is 11.6 Å². The molecule has 0 saturated heterocycles. The van der Waals surface area contributed by atoms with Gasteiger partial charge in [0.1, 0.15) is 11.4 Å². The highest BCUT2D eigenvalue weighted by Crippen LogP contribution is 2.39. The average molecular weight is 292 g/mol. The van der Waals surface area contributed by atoms with E-state index >= 15 is 0 Å². The van der Waals surface area contributed by atoms with Gasteiger partial charge in [0, 0.05) is 10.6 Å². The molecule has 0 spiro atoms. The minimum atomic E-state index is -0.434. The normalized spacial score (nSPS) is 16.1. The summed E-state index contributed by atoms with van der Waals surface area (Å²) in [5.74, 6) is 0.322. The molecular formula is C14H14ClN3O2. The van der Waals surface area contributed by atoms with Gasteiger partial charge in [-0.15, -0.1) is 0 Å². The predicted molar refractivity (Wildman–Crippen MR) is 76.6 cm³/mol. The summed E-state index contributed by atoms with van der Waals surface area (Å²) in [6.45, 7) is 0. The van der Waals surface area contributed by atoms with Crippen molar-refractivity contribution in [3.63, 3.8) is 0 Å². The lowest BCUT2D eigenvalue weighted by atomic mass is 10.1. The molecule has 6 heteroatoms. The number of nitrogens with two attached hydrogens (primary N) is 1. The molecule has 104 valence electrons. The summed E-state index contributed by atoms with van der Waals surface area (Å²) in [6.07, 6.45) is 2.05. The van der Waals surface area contributed by atoms with Gasteiger partial charge in [0.05, 0.1) is 6.04 Å². The molecule has 20 heavy (non-hydrogen) atoms. The maximum atomic E-state index is 12.2. The Morgan fingerprint density at radius 2 is 2.10 bits per heavy atom. The van der Waals surface area contributed by atoms with Gasteiger partial charge >= 0.3 is 0 Å². The first-order chi connectivity index (χ1) is 9.58. The van der Waals surface area contributed by atoms with Crippen molar-refractivity contribution in [2.45, 2.75) is 18.9 Å². The van der Waals surface area contributed by atoms with Gasteiger partial charge in [-0.1, -0.05) is 29.8 Å². The molecule has 1 aliphatic carbocycles. The monoisotopic (exact) mass is 291 g/mol. The van der Waals surface area contributed by atoms with E-state index in [4.69, 9.17) is 17.3 Å². The number of hydrogen-bond acceptors (Lipinski definition) is 4. The molecular weight excluding hydrogens is 278 g/mol. The first-order valence-electron chi connectivity index (χ1n) is 6.41. The minimum absolute atomic E-state index is 0.0716. The standard InChI is InChI=1S/C14H14ClN3O2/c15-9-4-2-1-3-8(9)10-13(19)17-12(18-14(10)20)11(16)7-5-6-7/h1-4,7,11H,5-6,16H2,(H2,17,18,19,20). The van der Waals surface area contributed by atoms with Crippen LogP contribution in [0.25, 0.3) is 11.1 Å². The lowest BCUT2D eigenvalue weighted by molar-refractivity contribution is 0.443. The summed E-state index contributed by atoms with van der Waals surface area (Å²) in [6, 6.07) is 6.47. The molecule has 3 rings (SSSR count). The Labute approximate surface area is 120 Å². The number of nitrogens with zero attached hydrogens (tertiary/aromatic N) is 1. The van der Waals surface area contributed by atoms with Crippen molar-refractivity contribution < 1.29 is 5.11 Å². The lowest BCUT2D eigenvalue weighted by Crippen LogP contribution is -2.22. The predicted octanol–water partition coefficient (Wildman–Crippen LogP) is 2.21. The van der Waals surface area contributed by atoms with Crippen LogP contribution in [0.2, 0.25) is 5.02 Å². The van der Waals surface area contributed by atoms with E-state index in [9.17, 15) is 9.90 Å². The van der Waals surface area contributed by atoms with Crippen molar-refractivity contribution in [1.29, 1.82) is 0 Å². The zero-order chi connectivity index (χ0) is 14.3. The third-order valence-corrected chi connectivity index (χ3v) is 3.84. The van der Waals surface area contributed by atoms with Crippen LogP contribution in [0.1, 0.15) is 24.7 Å². The molecule has 0 bridgehead atoms. The maximum absolute atomic E-state index is 12.2. The van der Waals surface area contributed by atoms with Gasteiger partial charge in [0.25, 0.3) is 5.56 Å². The summed E-state index contributed by atoms with van der Waals surface area (Å²) in [4.78, 5) is 18.9. The number of aromatic hydroxyl groups is 1. The van der Waals surface area contributed by atoms with Crippen LogP contribution in [-0.2, 0) is 0 Å². The SMILES string of the molecule is NC(c1nc(O)c(-c2ccccc2Cl)c(=O)[nH]1)C1CC1. The molecule has 0 radical (unpaired) electrons. The summed E-state index contributed by atoms with van der Waals surface area (Å²) >= 11 is 6.05. The molecule has 1 unspecified atom stereocenters. The second-order valence-electron chi connectivity index (χ2n) is 4.99. The van der Waals surface area contributed by atoms with Gasteiger partial charge in [-0.05, 0) is 24.8 Å². The molecule has 1 heterocycles. The molecule has 1 aliphatic rings. The highest BCUT2D eigenvalue weighted by Gasteiger charge is 2.32. The fraction of sp³-hybridized carbons (Fsp3) is 0.286. The number of aromatic nitrogens is 2. The van der Waals surface area contributed by atoms with Crippen molar-refractivity contribution >= 4 is 11.6 Å². The first kappa shape index (κ1) is 13.1.